The zero-order valence-corrected chi connectivity index (χ0v) is 9.14. The van der Waals surface area contributed by atoms with E-state index in [1.54, 1.807) is 0 Å². The lowest BCUT2D eigenvalue weighted by Gasteiger charge is -2.08. The average Bonchev–Trinajstić information content (AvgIpc) is 2.26. The second-order valence-corrected chi connectivity index (χ2v) is 3.46. The Balaban J connectivity index is 2.62. The van der Waals surface area contributed by atoms with Gasteiger partial charge in [-0.2, -0.15) is 0 Å². The van der Waals surface area contributed by atoms with Crippen LogP contribution >= 0.6 is 0 Å². The number of rotatable bonds is 5. The minimum Gasteiger partial charge on any atom is -0.385 e. The van der Waals surface area contributed by atoms with E-state index in [0.29, 0.717) is 0 Å². The van der Waals surface area contributed by atoms with Crippen molar-refractivity contribution in [2.45, 2.75) is 26.7 Å². The summed E-state index contributed by atoms with van der Waals surface area (Å²) in [7, 11) is 0. The molecule has 0 aliphatic rings. The summed E-state index contributed by atoms with van der Waals surface area (Å²) in [4.78, 5) is 0. The molecule has 1 nitrogen and oxygen atoms in total. The van der Waals surface area contributed by atoms with Gasteiger partial charge >= 0.3 is 0 Å². The third kappa shape index (κ3) is 2.91. The monoisotopic (exact) mass is 189 g/mol. The van der Waals surface area contributed by atoms with Crippen LogP contribution in [0.25, 0.3) is 5.70 Å². The van der Waals surface area contributed by atoms with Crippen LogP contribution in [0, 0.1) is 0 Å². The van der Waals surface area contributed by atoms with Crippen LogP contribution in [0.4, 0.5) is 0 Å². The van der Waals surface area contributed by atoms with Gasteiger partial charge in [-0.05, 0) is 24.0 Å². The highest BCUT2D eigenvalue weighted by Gasteiger charge is 1.96. The Morgan fingerprint density at radius 1 is 1.21 bits per heavy atom. The summed E-state index contributed by atoms with van der Waals surface area (Å²) in [6.45, 7) is 9.32. The molecule has 0 radical (unpaired) electrons. The first-order valence-electron chi connectivity index (χ1n) is 5.30. The molecule has 0 aliphatic heterocycles. The molecular weight excluding hydrogens is 170 g/mol. The van der Waals surface area contributed by atoms with Crippen LogP contribution < -0.4 is 5.32 Å². The summed E-state index contributed by atoms with van der Waals surface area (Å²) >= 11 is 0. The van der Waals surface area contributed by atoms with Gasteiger partial charge in [0.1, 0.15) is 0 Å². The van der Waals surface area contributed by atoms with Crippen LogP contribution in [0.2, 0.25) is 0 Å². The van der Waals surface area contributed by atoms with Crippen molar-refractivity contribution >= 4 is 5.70 Å². The Morgan fingerprint density at radius 3 is 2.36 bits per heavy atom. The van der Waals surface area contributed by atoms with Crippen LogP contribution in [0.5, 0.6) is 0 Å². The second kappa shape index (κ2) is 5.48. The standard InChI is InChI=1S/C13H19N/c1-4-10-14-11(3)13-8-6-12(5-2)7-9-13/h6-9,14H,3-5,10H2,1-2H3. The molecule has 0 aliphatic carbocycles. The maximum atomic E-state index is 4.01. The maximum Gasteiger partial charge on any atom is 0.0340 e. The largest absolute Gasteiger partial charge is 0.385 e. The molecule has 0 saturated carbocycles. The first-order valence-corrected chi connectivity index (χ1v) is 5.30. The van der Waals surface area contributed by atoms with Gasteiger partial charge < -0.3 is 5.32 Å². The smallest absolute Gasteiger partial charge is 0.0340 e. The third-order valence-corrected chi connectivity index (χ3v) is 2.30. The molecule has 1 heteroatoms. The molecule has 0 aromatic heterocycles. The van der Waals surface area contributed by atoms with Gasteiger partial charge in [0.25, 0.3) is 0 Å². The molecule has 1 aromatic carbocycles. The van der Waals surface area contributed by atoms with Gasteiger partial charge in [0.05, 0.1) is 0 Å². The van der Waals surface area contributed by atoms with E-state index in [9.17, 15) is 0 Å². The molecule has 0 unspecified atom stereocenters. The normalized spacial score (nSPS) is 9.86. The summed E-state index contributed by atoms with van der Waals surface area (Å²) in [6.07, 6.45) is 2.22. The zero-order valence-electron chi connectivity index (χ0n) is 9.14. The highest BCUT2D eigenvalue weighted by atomic mass is 14.9. The Labute approximate surface area is 86.8 Å². The SMILES string of the molecule is C=C(NCCC)c1ccc(CC)cc1. The predicted molar refractivity (Wildman–Crippen MR) is 63.1 cm³/mol. The molecule has 0 amide bonds. The Bertz CT molecular complexity index is 285. The van der Waals surface area contributed by atoms with E-state index in [-0.39, 0.29) is 0 Å². The van der Waals surface area contributed by atoms with E-state index in [4.69, 9.17) is 0 Å². The summed E-state index contributed by atoms with van der Waals surface area (Å²) in [5.41, 5.74) is 3.59. The van der Waals surface area contributed by atoms with E-state index in [1.165, 1.54) is 11.1 Å². The van der Waals surface area contributed by atoms with Crippen LogP contribution in [-0.2, 0) is 6.42 Å². The molecule has 0 heterocycles. The predicted octanol–water partition coefficient (Wildman–Crippen LogP) is 3.22. The lowest BCUT2D eigenvalue weighted by Crippen LogP contribution is -2.11. The van der Waals surface area contributed by atoms with Crippen molar-refractivity contribution < 1.29 is 0 Å². The summed E-state index contributed by atoms with van der Waals surface area (Å²) in [6, 6.07) is 8.58. The van der Waals surface area contributed by atoms with Gasteiger partial charge in [0.15, 0.2) is 0 Å². The van der Waals surface area contributed by atoms with Crippen molar-refractivity contribution in [3.63, 3.8) is 0 Å². The average molecular weight is 189 g/mol. The van der Waals surface area contributed by atoms with E-state index in [0.717, 1.165) is 25.1 Å². The van der Waals surface area contributed by atoms with Crippen LogP contribution in [0.3, 0.4) is 0 Å². The second-order valence-electron chi connectivity index (χ2n) is 3.46. The highest BCUT2D eigenvalue weighted by Crippen LogP contribution is 2.11. The Kier molecular flexibility index (Phi) is 4.24. The fourth-order valence-electron chi connectivity index (χ4n) is 1.32. The fourth-order valence-corrected chi connectivity index (χ4v) is 1.32. The van der Waals surface area contributed by atoms with Crippen LogP contribution in [-0.4, -0.2) is 6.54 Å². The third-order valence-electron chi connectivity index (χ3n) is 2.30. The lowest BCUT2D eigenvalue weighted by atomic mass is 10.1. The molecular formula is C13H19N. The number of hydrogen-bond acceptors (Lipinski definition) is 1. The highest BCUT2D eigenvalue weighted by molar-refractivity contribution is 5.61. The fraction of sp³-hybridized carbons (Fsp3) is 0.385. The molecule has 0 spiro atoms. The molecule has 14 heavy (non-hydrogen) atoms. The lowest BCUT2D eigenvalue weighted by molar-refractivity contribution is 0.825. The summed E-state index contributed by atoms with van der Waals surface area (Å²) in [5, 5.41) is 3.29. The van der Waals surface area contributed by atoms with Crippen molar-refractivity contribution in [3.05, 3.63) is 42.0 Å². The first kappa shape index (κ1) is 10.8. The maximum absolute atomic E-state index is 4.01. The van der Waals surface area contributed by atoms with Crippen LogP contribution in [0.15, 0.2) is 30.8 Å². The van der Waals surface area contributed by atoms with Gasteiger partial charge in [-0.1, -0.05) is 44.7 Å². The van der Waals surface area contributed by atoms with Crippen molar-refractivity contribution in [2.24, 2.45) is 0 Å². The summed E-state index contributed by atoms with van der Waals surface area (Å²) in [5.74, 6) is 0. The zero-order chi connectivity index (χ0) is 10.4. The Morgan fingerprint density at radius 2 is 1.86 bits per heavy atom. The number of aryl methyl sites for hydroxylation is 1. The minimum absolute atomic E-state index is 0.994. The van der Waals surface area contributed by atoms with Crippen molar-refractivity contribution in [2.75, 3.05) is 6.54 Å². The molecule has 0 fully saturated rings. The number of benzene rings is 1. The molecule has 1 N–H and O–H groups in total. The van der Waals surface area contributed by atoms with Gasteiger partial charge in [0.2, 0.25) is 0 Å². The van der Waals surface area contributed by atoms with Crippen molar-refractivity contribution in [1.82, 2.24) is 5.32 Å². The Hall–Kier alpha value is -1.24. The van der Waals surface area contributed by atoms with E-state index < -0.39 is 0 Å². The molecule has 1 aromatic rings. The first-order chi connectivity index (χ1) is 6.77. The van der Waals surface area contributed by atoms with E-state index in [1.807, 2.05) is 0 Å². The topological polar surface area (TPSA) is 12.0 Å². The van der Waals surface area contributed by atoms with Gasteiger partial charge in [-0.25, -0.2) is 0 Å². The molecule has 0 bridgehead atoms. The number of hydrogen-bond donors (Lipinski definition) is 1. The van der Waals surface area contributed by atoms with Gasteiger partial charge in [0, 0.05) is 12.2 Å². The quantitative estimate of drug-likeness (QED) is 0.750. The molecule has 0 saturated heterocycles. The minimum atomic E-state index is 0.994. The van der Waals surface area contributed by atoms with Crippen LogP contribution in [0.1, 0.15) is 31.4 Å². The van der Waals surface area contributed by atoms with Gasteiger partial charge in [-0.15, -0.1) is 0 Å². The van der Waals surface area contributed by atoms with E-state index in [2.05, 4.69) is 50.0 Å². The van der Waals surface area contributed by atoms with Crippen molar-refractivity contribution in [1.29, 1.82) is 0 Å². The molecule has 1 rings (SSSR count). The number of nitrogens with one attached hydrogen (secondary N) is 1. The molecule has 0 atom stereocenters. The van der Waals surface area contributed by atoms with E-state index >= 15 is 0 Å². The summed E-state index contributed by atoms with van der Waals surface area (Å²) < 4.78 is 0. The van der Waals surface area contributed by atoms with Gasteiger partial charge in [-0.3, -0.25) is 0 Å². The molecule has 76 valence electrons. The van der Waals surface area contributed by atoms with Crippen molar-refractivity contribution in [3.8, 4) is 0 Å².